The number of benzene rings is 1. The van der Waals surface area contributed by atoms with Crippen molar-refractivity contribution in [3.05, 3.63) is 30.1 Å². The van der Waals surface area contributed by atoms with E-state index in [1.54, 1.807) is 7.05 Å². The van der Waals surface area contributed by atoms with Crippen molar-refractivity contribution >= 4 is 41.5 Å². The molecular formula is C24H38FIN6O. The first kappa shape index (κ1) is 26.0. The predicted octanol–water partition coefficient (Wildman–Crippen LogP) is 2.52. The molecular weight excluding hydrogens is 534 g/mol. The summed E-state index contributed by atoms with van der Waals surface area (Å²) in [5.41, 5.74) is 1.09. The second kappa shape index (κ2) is 12.7. The Labute approximate surface area is 214 Å². The molecule has 1 amide bonds. The van der Waals surface area contributed by atoms with E-state index in [1.165, 1.54) is 25.0 Å². The van der Waals surface area contributed by atoms with Gasteiger partial charge in [-0.05, 0) is 43.5 Å². The molecule has 2 heterocycles. The van der Waals surface area contributed by atoms with Crippen molar-refractivity contribution in [2.24, 2.45) is 10.9 Å². The fourth-order valence-corrected chi connectivity index (χ4v) is 5.11. The molecule has 2 aliphatic heterocycles. The highest BCUT2D eigenvalue weighted by atomic mass is 127. The Bertz CT molecular complexity index is 778. The van der Waals surface area contributed by atoms with Crippen LogP contribution in [0.25, 0.3) is 0 Å². The molecule has 0 radical (unpaired) electrons. The molecule has 3 fully saturated rings. The van der Waals surface area contributed by atoms with Gasteiger partial charge in [-0.2, -0.15) is 0 Å². The van der Waals surface area contributed by atoms with E-state index in [4.69, 9.17) is 0 Å². The summed E-state index contributed by atoms with van der Waals surface area (Å²) in [5, 5.41) is 6.93. The lowest BCUT2D eigenvalue weighted by Crippen LogP contribution is -2.50. The summed E-state index contributed by atoms with van der Waals surface area (Å²) >= 11 is 0. The van der Waals surface area contributed by atoms with Gasteiger partial charge in [-0.15, -0.1) is 24.0 Å². The van der Waals surface area contributed by atoms with Gasteiger partial charge in [0.05, 0.1) is 0 Å². The number of guanidine groups is 1. The summed E-state index contributed by atoms with van der Waals surface area (Å²) < 4.78 is 13.1. The maximum atomic E-state index is 13.1. The fourth-order valence-electron chi connectivity index (χ4n) is 5.11. The second-order valence-electron chi connectivity index (χ2n) is 9.20. The largest absolute Gasteiger partial charge is 0.369 e. The highest BCUT2D eigenvalue weighted by molar-refractivity contribution is 14.0. The number of hydrogen-bond donors (Lipinski definition) is 2. The SMILES string of the molecule is CN=C(NCCN1CCN(c2ccc(F)cc2)CC1)NC1CCN(C(=O)C2CCCC2)C1.I. The number of carbonyl (C=O) groups excluding carboxylic acids is 1. The zero-order valence-corrected chi connectivity index (χ0v) is 22.0. The van der Waals surface area contributed by atoms with Gasteiger partial charge in [-0.25, -0.2) is 4.39 Å². The summed E-state index contributed by atoms with van der Waals surface area (Å²) in [6.07, 6.45) is 5.50. The van der Waals surface area contributed by atoms with E-state index in [0.29, 0.717) is 5.91 Å². The third-order valence-electron chi connectivity index (χ3n) is 7.05. The number of rotatable bonds is 6. The van der Waals surface area contributed by atoms with Crippen molar-refractivity contribution in [1.82, 2.24) is 20.4 Å². The van der Waals surface area contributed by atoms with Crippen molar-refractivity contribution in [3.63, 3.8) is 0 Å². The van der Waals surface area contributed by atoms with Gasteiger partial charge in [0.1, 0.15) is 5.82 Å². The lowest BCUT2D eigenvalue weighted by Gasteiger charge is -2.36. The highest BCUT2D eigenvalue weighted by Gasteiger charge is 2.32. The summed E-state index contributed by atoms with van der Waals surface area (Å²) in [6.45, 7) is 7.29. The minimum absolute atomic E-state index is 0. The van der Waals surface area contributed by atoms with Crippen LogP contribution in [0.3, 0.4) is 0 Å². The Morgan fingerprint density at radius 3 is 2.42 bits per heavy atom. The molecule has 1 aromatic rings. The number of piperazine rings is 1. The third-order valence-corrected chi connectivity index (χ3v) is 7.05. The van der Waals surface area contributed by atoms with Gasteiger partial charge >= 0.3 is 0 Å². The molecule has 1 saturated carbocycles. The molecule has 9 heteroatoms. The van der Waals surface area contributed by atoms with Crippen molar-refractivity contribution < 1.29 is 9.18 Å². The molecule has 1 aliphatic carbocycles. The van der Waals surface area contributed by atoms with E-state index in [2.05, 4.69) is 25.4 Å². The monoisotopic (exact) mass is 572 g/mol. The number of nitrogens with zero attached hydrogens (tertiary/aromatic N) is 4. The quantitative estimate of drug-likeness (QED) is 0.312. The van der Waals surface area contributed by atoms with E-state index in [-0.39, 0.29) is 41.8 Å². The molecule has 1 aromatic carbocycles. The van der Waals surface area contributed by atoms with Crippen LogP contribution in [0, 0.1) is 11.7 Å². The summed E-state index contributed by atoms with van der Waals surface area (Å²) in [6, 6.07) is 7.03. The van der Waals surface area contributed by atoms with Gasteiger partial charge in [-0.3, -0.25) is 14.7 Å². The second-order valence-corrected chi connectivity index (χ2v) is 9.20. The standard InChI is InChI=1S/C24H37FN6O.HI/c1-26-24(28-21-10-12-31(18-21)23(32)19-4-2-3-5-19)27-11-13-29-14-16-30(17-15-29)22-8-6-20(25)7-9-22;/h6-9,19,21H,2-5,10-18H2,1H3,(H2,26,27,28);1H. The molecule has 184 valence electrons. The van der Waals surface area contributed by atoms with Gasteiger partial charge in [0.25, 0.3) is 0 Å². The van der Waals surface area contributed by atoms with Crippen molar-refractivity contribution in [3.8, 4) is 0 Å². The van der Waals surface area contributed by atoms with Gasteiger partial charge < -0.3 is 20.4 Å². The van der Waals surface area contributed by atoms with Crippen molar-refractivity contribution in [2.45, 2.75) is 38.1 Å². The van der Waals surface area contributed by atoms with E-state index in [1.807, 2.05) is 17.0 Å². The molecule has 0 spiro atoms. The first-order valence-electron chi connectivity index (χ1n) is 12.1. The van der Waals surface area contributed by atoms with Crippen LogP contribution in [-0.4, -0.2) is 87.1 Å². The number of halogens is 2. The molecule has 0 bridgehead atoms. The van der Waals surface area contributed by atoms with Gasteiger partial charge in [0.2, 0.25) is 5.91 Å². The molecule has 7 nitrogen and oxygen atoms in total. The van der Waals surface area contributed by atoms with Crippen LogP contribution >= 0.6 is 24.0 Å². The maximum Gasteiger partial charge on any atom is 0.225 e. The third kappa shape index (κ3) is 7.18. The Morgan fingerprint density at radius 1 is 1.06 bits per heavy atom. The van der Waals surface area contributed by atoms with Crippen molar-refractivity contribution in [1.29, 1.82) is 0 Å². The Kier molecular flexibility index (Phi) is 10.0. The van der Waals surface area contributed by atoms with E-state index in [0.717, 1.165) is 83.3 Å². The molecule has 1 atom stereocenters. The molecule has 1 unspecified atom stereocenters. The summed E-state index contributed by atoms with van der Waals surface area (Å²) in [4.78, 5) is 23.8. The van der Waals surface area contributed by atoms with E-state index in [9.17, 15) is 9.18 Å². The van der Waals surface area contributed by atoms with Crippen molar-refractivity contribution in [2.75, 3.05) is 64.3 Å². The van der Waals surface area contributed by atoms with Crippen LogP contribution in [0.1, 0.15) is 32.1 Å². The number of nitrogens with one attached hydrogen (secondary N) is 2. The van der Waals surface area contributed by atoms with Crippen LogP contribution in [0.2, 0.25) is 0 Å². The number of carbonyl (C=O) groups is 1. The highest BCUT2D eigenvalue weighted by Crippen LogP contribution is 2.27. The summed E-state index contributed by atoms with van der Waals surface area (Å²) in [5.74, 6) is 1.24. The average Bonchev–Trinajstić information content (AvgIpc) is 3.52. The summed E-state index contributed by atoms with van der Waals surface area (Å²) in [7, 11) is 1.80. The van der Waals surface area contributed by atoms with Crippen LogP contribution in [0.5, 0.6) is 0 Å². The number of hydrogen-bond acceptors (Lipinski definition) is 4. The Hall–Kier alpha value is -1.62. The maximum absolute atomic E-state index is 13.1. The van der Waals surface area contributed by atoms with Gasteiger partial charge in [0, 0.05) is 77.1 Å². The van der Waals surface area contributed by atoms with Crippen LogP contribution in [0.4, 0.5) is 10.1 Å². The predicted molar refractivity (Wildman–Crippen MR) is 142 cm³/mol. The fraction of sp³-hybridized carbons (Fsp3) is 0.667. The van der Waals surface area contributed by atoms with E-state index < -0.39 is 0 Å². The average molecular weight is 573 g/mol. The zero-order chi connectivity index (χ0) is 22.3. The Morgan fingerprint density at radius 2 is 1.76 bits per heavy atom. The molecule has 2 saturated heterocycles. The van der Waals surface area contributed by atoms with Crippen LogP contribution in [0.15, 0.2) is 29.3 Å². The zero-order valence-electron chi connectivity index (χ0n) is 19.6. The van der Waals surface area contributed by atoms with E-state index >= 15 is 0 Å². The molecule has 0 aromatic heterocycles. The number of likely N-dealkylation sites (tertiary alicyclic amines) is 1. The molecule has 33 heavy (non-hydrogen) atoms. The molecule has 4 rings (SSSR count). The Balaban J connectivity index is 0.00000306. The number of aliphatic imine (C=N–C) groups is 1. The van der Waals surface area contributed by atoms with Gasteiger partial charge in [-0.1, -0.05) is 12.8 Å². The minimum atomic E-state index is -0.189. The first-order chi connectivity index (χ1) is 15.6. The number of anilines is 1. The first-order valence-corrected chi connectivity index (χ1v) is 12.1. The molecule has 3 aliphatic rings. The van der Waals surface area contributed by atoms with Gasteiger partial charge in [0.15, 0.2) is 5.96 Å². The minimum Gasteiger partial charge on any atom is -0.369 e. The topological polar surface area (TPSA) is 63.2 Å². The smallest absolute Gasteiger partial charge is 0.225 e. The normalized spacial score (nSPS) is 22.4. The lowest BCUT2D eigenvalue weighted by molar-refractivity contribution is -0.134. The number of amides is 1. The lowest BCUT2D eigenvalue weighted by atomic mass is 10.1. The molecule has 2 N–H and O–H groups in total. The van der Waals surface area contributed by atoms with Crippen LogP contribution in [-0.2, 0) is 4.79 Å². The van der Waals surface area contributed by atoms with Crippen LogP contribution < -0.4 is 15.5 Å².